The number of unbranched alkanes of at least 4 members (excludes halogenated alkanes) is 1. The highest BCUT2D eigenvalue weighted by Crippen LogP contribution is 2.35. The molecule has 0 saturated carbocycles. The molecule has 4 nitrogen and oxygen atoms in total. The molecular weight excluding hydrogens is 312 g/mol. The molecule has 3 rings (SSSR count). The molecule has 25 heavy (non-hydrogen) atoms. The first-order chi connectivity index (χ1) is 12.2. The molecule has 0 bridgehead atoms. The van der Waals surface area contributed by atoms with Gasteiger partial charge in [-0.15, -0.1) is 0 Å². The van der Waals surface area contributed by atoms with Crippen LogP contribution in [0.1, 0.15) is 50.5 Å². The van der Waals surface area contributed by atoms with Crippen molar-refractivity contribution in [1.82, 2.24) is 10.2 Å². The second-order valence-corrected chi connectivity index (χ2v) is 7.64. The van der Waals surface area contributed by atoms with Gasteiger partial charge in [0, 0.05) is 13.2 Å². The predicted molar refractivity (Wildman–Crippen MR) is 101 cm³/mol. The van der Waals surface area contributed by atoms with Crippen molar-refractivity contribution < 1.29 is 9.53 Å². The maximum absolute atomic E-state index is 13.1. The summed E-state index contributed by atoms with van der Waals surface area (Å²) in [6.45, 7) is 3.65. The van der Waals surface area contributed by atoms with Crippen molar-refractivity contribution in [3.8, 4) is 0 Å². The second-order valence-electron chi connectivity index (χ2n) is 7.64. The summed E-state index contributed by atoms with van der Waals surface area (Å²) in [6.07, 6.45) is 7.96. The molecule has 0 aromatic heterocycles. The fraction of sp³-hybridized carbons (Fsp3) is 0.667. The van der Waals surface area contributed by atoms with E-state index < -0.39 is 0 Å². The molecule has 4 heteroatoms. The third kappa shape index (κ3) is 4.62. The average molecular weight is 344 g/mol. The van der Waals surface area contributed by atoms with Crippen LogP contribution in [0.5, 0.6) is 0 Å². The van der Waals surface area contributed by atoms with Crippen LogP contribution in [0.15, 0.2) is 30.3 Å². The van der Waals surface area contributed by atoms with E-state index in [0.29, 0.717) is 6.10 Å². The zero-order valence-corrected chi connectivity index (χ0v) is 15.5. The van der Waals surface area contributed by atoms with Gasteiger partial charge in [0.05, 0.1) is 11.5 Å². The zero-order valence-electron chi connectivity index (χ0n) is 15.5. The maximum atomic E-state index is 13.1. The van der Waals surface area contributed by atoms with Crippen LogP contribution in [0.3, 0.4) is 0 Å². The molecule has 2 fully saturated rings. The lowest BCUT2D eigenvalue weighted by Crippen LogP contribution is -2.51. The van der Waals surface area contributed by atoms with Crippen molar-refractivity contribution in [2.45, 2.75) is 56.5 Å². The van der Waals surface area contributed by atoms with Crippen LogP contribution >= 0.6 is 0 Å². The highest BCUT2D eigenvalue weighted by Gasteiger charge is 2.41. The normalized spacial score (nSPS) is 23.5. The molecule has 1 aromatic carbocycles. The lowest BCUT2D eigenvalue weighted by molar-refractivity contribution is -0.128. The van der Waals surface area contributed by atoms with E-state index in [2.05, 4.69) is 29.4 Å². The van der Waals surface area contributed by atoms with Crippen molar-refractivity contribution in [3.63, 3.8) is 0 Å². The number of hydrogen-bond acceptors (Lipinski definition) is 3. The monoisotopic (exact) mass is 344 g/mol. The molecular formula is C21H32N2O2. The Hall–Kier alpha value is -1.39. The minimum Gasteiger partial charge on any atom is -0.378 e. The zero-order chi connectivity index (χ0) is 17.5. The van der Waals surface area contributed by atoms with Gasteiger partial charge in [-0.1, -0.05) is 30.3 Å². The van der Waals surface area contributed by atoms with Crippen molar-refractivity contribution >= 4 is 5.91 Å². The van der Waals surface area contributed by atoms with Gasteiger partial charge in [0.2, 0.25) is 5.91 Å². The maximum Gasteiger partial charge on any atom is 0.230 e. The van der Waals surface area contributed by atoms with Crippen LogP contribution in [0.4, 0.5) is 0 Å². The van der Waals surface area contributed by atoms with Crippen molar-refractivity contribution in [2.24, 2.45) is 0 Å². The van der Waals surface area contributed by atoms with Crippen LogP contribution < -0.4 is 5.32 Å². The second kappa shape index (κ2) is 8.81. The molecule has 2 aliphatic rings. The number of benzene rings is 1. The Kier molecular flexibility index (Phi) is 6.49. The molecule has 2 aliphatic heterocycles. The van der Waals surface area contributed by atoms with E-state index in [0.717, 1.165) is 58.3 Å². The average Bonchev–Trinajstić information content (AvgIpc) is 3.16. The molecule has 2 heterocycles. The van der Waals surface area contributed by atoms with Gasteiger partial charge in [-0.05, 0) is 70.6 Å². The van der Waals surface area contributed by atoms with Crippen LogP contribution in [0.2, 0.25) is 0 Å². The predicted octanol–water partition coefficient (Wildman–Crippen LogP) is 3.12. The summed E-state index contributed by atoms with van der Waals surface area (Å²) >= 11 is 0. The standard InChI is InChI=1S/C21H32N2O2/c1-23-15-12-21(13-16-23,18-8-3-2-4-9-18)20(24)22-14-6-5-10-19-11-7-17-25-19/h2-4,8-9,19H,5-7,10-17H2,1H3,(H,22,24)/t19-/m1/s1. The third-order valence-electron chi connectivity index (χ3n) is 5.86. The molecule has 0 unspecified atom stereocenters. The number of nitrogens with one attached hydrogen (secondary N) is 1. The summed E-state index contributed by atoms with van der Waals surface area (Å²) in [6, 6.07) is 10.3. The van der Waals surface area contributed by atoms with Crippen molar-refractivity contribution in [3.05, 3.63) is 35.9 Å². The van der Waals surface area contributed by atoms with Crippen LogP contribution in [0, 0.1) is 0 Å². The molecule has 1 atom stereocenters. The fourth-order valence-electron chi connectivity index (χ4n) is 4.14. The number of likely N-dealkylation sites (tertiary alicyclic amines) is 1. The molecule has 1 amide bonds. The van der Waals surface area contributed by atoms with Gasteiger partial charge >= 0.3 is 0 Å². The molecule has 0 radical (unpaired) electrons. The van der Waals surface area contributed by atoms with E-state index in [-0.39, 0.29) is 11.3 Å². The SMILES string of the molecule is CN1CCC(C(=O)NCCCC[C@@H]2CCCO2)(c2ccccc2)CC1. The molecule has 2 saturated heterocycles. The third-order valence-corrected chi connectivity index (χ3v) is 5.86. The smallest absolute Gasteiger partial charge is 0.230 e. The summed E-state index contributed by atoms with van der Waals surface area (Å²) in [4.78, 5) is 15.4. The van der Waals surface area contributed by atoms with Gasteiger partial charge in [-0.2, -0.15) is 0 Å². The van der Waals surface area contributed by atoms with E-state index in [4.69, 9.17) is 4.74 Å². The van der Waals surface area contributed by atoms with E-state index in [1.54, 1.807) is 0 Å². The fourth-order valence-corrected chi connectivity index (χ4v) is 4.14. The number of nitrogens with zero attached hydrogens (tertiary/aromatic N) is 1. The first kappa shape index (κ1) is 18.4. The molecule has 0 aliphatic carbocycles. The highest BCUT2D eigenvalue weighted by molar-refractivity contribution is 5.88. The molecule has 1 N–H and O–H groups in total. The number of carbonyl (C=O) groups excluding carboxylic acids is 1. The van der Waals surface area contributed by atoms with Gasteiger partial charge in [0.25, 0.3) is 0 Å². The van der Waals surface area contributed by atoms with E-state index in [9.17, 15) is 4.79 Å². The minimum absolute atomic E-state index is 0.212. The van der Waals surface area contributed by atoms with E-state index >= 15 is 0 Å². The number of carbonyl (C=O) groups is 1. The van der Waals surface area contributed by atoms with Crippen molar-refractivity contribution in [1.29, 1.82) is 0 Å². The summed E-state index contributed by atoms with van der Waals surface area (Å²) in [5, 5.41) is 3.23. The first-order valence-corrected chi connectivity index (χ1v) is 9.85. The Morgan fingerprint density at radius 3 is 2.68 bits per heavy atom. The Labute approximate surface area is 151 Å². The Bertz CT molecular complexity index is 532. The molecule has 138 valence electrons. The summed E-state index contributed by atoms with van der Waals surface area (Å²) in [5.41, 5.74) is 0.808. The largest absolute Gasteiger partial charge is 0.378 e. The van der Waals surface area contributed by atoms with E-state index in [1.807, 2.05) is 18.2 Å². The number of ether oxygens (including phenoxy) is 1. The van der Waals surface area contributed by atoms with Crippen molar-refractivity contribution in [2.75, 3.05) is 33.3 Å². The van der Waals surface area contributed by atoms with Gasteiger partial charge < -0.3 is 15.0 Å². The first-order valence-electron chi connectivity index (χ1n) is 9.85. The van der Waals surface area contributed by atoms with Gasteiger partial charge in [-0.25, -0.2) is 0 Å². The topological polar surface area (TPSA) is 41.6 Å². The lowest BCUT2D eigenvalue weighted by atomic mass is 9.72. The number of hydrogen-bond donors (Lipinski definition) is 1. The number of rotatable bonds is 7. The summed E-state index contributed by atoms with van der Waals surface area (Å²) < 4.78 is 5.67. The molecule has 1 aromatic rings. The lowest BCUT2D eigenvalue weighted by Gasteiger charge is -2.39. The highest BCUT2D eigenvalue weighted by atomic mass is 16.5. The Balaban J connectivity index is 1.52. The number of amides is 1. The Morgan fingerprint density at radius 2 is 2.00 bits per heavy atom. The van der Waals surface area contributed by atoms with Crippen LogP contribution in [-0.4, -0.2) is 50.2 Å². The minimum atomic E-state index is -0.359. The van der Waals surface area contributed by atoms with Crippen LogP contribution in [-0.2, 0) is 14.9 Å². The van der Waals surface area contributed by atoms with Gasteiger partial charge in [-0.3, -0.25) is 4.79 Å². The Morgan fingerprint density at radius 1 is 1.24 bits per heavy atom. The van der Waals surface area contributed by atoms with Gasteiger partial charge in [0.15, 0.2) is 0 Å². The summed E-state index contributed by atoms with van der Waals surface area (Å²) in [5.74, 6) is 0.212. The number of piperidine rings is 1. The quantitative estimate of drug-likeness (QED) is 0.773. The molecule has 0 spiro atoms. The van der Waals surface area contributed by atoms with Crippen LogP contribution in [0.25, 0.3) is 0 Å². The summed E-state index contributed by atoms with van der Waals surface area (Å²) in [7, 11) is 2.14. The van der Waals surface area contributed by atoms with Gasteiger partial charge in [0.1, 0.15) is 0 Å². The van der Waals surface area contributed by atoms with E-state index in [1.165, 1.54) is 18.4 Å².